The molecule has 4 rings (SSSR count). The number of esters is 1. The van der Waals surface area contributed by atoms with E-state index in [0.29, 0.717) is 37.7 Å². The van der Waals surface area contributed by atoms with Gasteiger partial charge in [-0.1, -0.05) is 24.3 Å². The van der Waals surface area contributed by atoms with Crippen LogP contribution in [0.1, 0.15) is 49.8 Å². The number of amides is 3. The number of allylic oxidation sites excluding steroid dienone is 1. The summed E-state index contributed by atoms with van der Waals surface area (Å²) in [6.07, 6.45) is 2.46. The van der Waals surface area contributed by atoms with Crippen LogP contribution in [0.15, 0.2) is 53.7 Å². The molecule has 1 atom stereocenters. The van der Waals surface area contributed by atoms with Crippen molar-refractivity contribution in [2.24, 2.45) is 0 Å². The molecule has 0 spiro atoms. The van der Waals surface area contributed by atoms with Gasteiger partial charge in [0.2, 0.25) is 6.41 Å². The molecule has 1 heterocycles. The largest absolute Gasteiger partial charge is 0.466 e. The van der Waals surface area contributed by atoms with Crippen LogP contribution in [0.2, 0.25) is 0 Å². The average molecular weight is 606 g/mol. The molecule has 42 heavy (non-hydrogen) atoms. The lowest BCUT2D eigenvalue weighted by Crippen LogP contribution is -2.57. The van der Waals surface area contributed by atoms with E-state index < -0.39 is 40.9 Å². The first-order valence-electron chi connectivity index (χ1n) is 13.1. The maximum atomic E-state index is 14.4. The Balaban J connectivity index is 0.00000484. The molecule has 2 aromatic rings. The SMILES string of the molecule is COC(=O)C1=C(C)NC(=O)N(N(C=O)CCNC2CCC(C#N)(c3ccccc3F)CC2)C1c1ccc(F)c(F)c1.Cl. The fourth-order valence-corrected chi connectivity index (χ4v) is 5.56. The summed E-state index contributed by atoms with van der Waals surface area (Å²) in [4.78, 5) is 38.0. The minimum absolute atomic E-state index is 0. The van der Waals surface area contributed by atoms with Gasteiger partial charge in [-0.2, -0.15) is 5.26 Å². The van der Waals surface area contributed by atoms with E-state index in [1.165, 1.54) is 19.1 Å². The predicted molar refractivity (Wildman–Crippen MR) is 148 cm³/mol. The fourth-order valence-electron chi connectivity index (χ4n) is 5.56. The standard InChI is InChI=1S/C29H30F3N5O4.ClH/c1-18-25(27(39)41-2)26(19-7-8-23(31)24(32)15-19)37(28(40)35-18)36(17-38)14-13-34-20-9-11-29(16-33,12-10-20)21-5-3-4-6-22(21)30;/h3-8,15,17,20,26,34H,9-14H2,1-2H3,(H,35,40);1H. The molecule has 224 valence electrons. The van der Waals surface area contributed by atoms with E-state index in [0.717, 1.165) is 29.3 Å². The van der Waals surface area contributed by atoms with Crippen molar-refractivity contribution in [3.05, 3.63) is 82.3 Å². The number of hydrogen-bond acceptors (Lipinski definition) is 6. The highest BCUT2D eigenvalue weighted by molar-refractivity contribution is 5.95. The first-order valence-corrected chi connectivity index (χ1v) is 13.1. The molecule has 2 aromatic carbocycles. The van der Waals surface area contributed by atoms with E-state index in [1.54, 1.807) is 18.2 Å². The first-order chi connectivity index (χ1) is 19.7. The van der Waals surface area contributed by atoms with E-state index in [4.69, 9.17) is 4.74 Å². The first kappa shape index (κ1) is 32.4. The highest BCUT2D eigenvalue weighted by atomic mass is 35.5. The number of rotatable bonds is 9. The summed E-state index contributed by atoms with van der Waals surface area (Å²) in [5, 5.41) is 17.8. The van der Waals surface area contributed by atoms with Gasteiger partial charge in [0.1, 0.15) is 11.9 Å². The van der Waals surface area contributed by atoms with Gasteiger partial charge < -0.3 is 15.4 Å². The van der Waals surface area contributed by atoms with Crippen molar-refractivity contribution in [1.82, 2.24) is 20.7 Å². The third-order valence-corrected chi connectivity index (χ3v) is 7.70. The average Bonchev–Trinajstić information content (AvgIpc) is 2.97. The summed E-state index contributed by atoms with van der Waals surface area (Å²) < 4.78 is 47.2. The second kappa shape index (κ2) is 13.7. The molecule has 2 aliphatic rings. The normalized spacial score (nSPS) is 22.0. The Morgan fingerprint density at radius 3 is 2.48 bits per heavy atom. The number of hydrazine groups is 1. The molecule has 2 N–H and O–H groups in total. The number of ether oxygens (including phenoxy) is 1. The number of hydrogen-bond donors (Lipinski definition) is 2. The summed E-state index contributed by atoms with van der Waals surface area (Å²) in [7, 11) is 1.14. The van der Waals surface area contributed by atoms with Gasteiger partial charge in [0.25, 0.3) is 0 Å². The number of nitrogens with one attached hydrogen (secondary N) is 2. The summed E-state index contributed by atoms with van der Waals surface area (Å²) in [5.74, 6) is -3.52. The van der Waals surface area contributed by atoms with Crippen molar-refractivity contribution >= 4 is 30.8 Å². The molecule has 0 aromatic heterocycles. The summed E-state index contributed by atoms with van der Waals surface area (Å²) in [6.45, 7) is 1.68. The van der Waals surface area contributed by atoms with Crippen LogP contribution < -0.4 is 10.6 Å². The lowest BCUT2D eigenvalue weighted by Gasteiger charge is -2.42. The Labute approximate surface area is 247 Å². The van der Waals surface area contributed by atoms with Crippen LogP contribution >= 0.6 is 12.4 Å². The maximum Gasteiger partial charge on any atom is 0.341 e. The van der Waals surface area contributed by atoms with Crippen LogP contribution in [-0.2, 0) is 19.7 Å². The van der Waals surface area contributed by atoms with Gasteiger partial charge in [0.15, 0.2) is 11.6 Å². The Morgan fingerprint density at radius 2 is 1.88 bits per heavy atom. The Hall–Kier alpha value is -4.08. The van der Waals surface area contributed by atoms with Crippen molar-refractivity contribution in [3.8, 4) is 6.07 Å². The number of halogens is 4. The van der Waals surface area contributed by atoms with Crippen LogP contribution in [0.3, 0.4) is 0 Å². The van der Waals surface area contributed by atoms with E-state index in [-0.39, 0.29) is 48.4 Å². The molecule has 1 fully saturated rings. The zero-order valence-electron chi connectivity index (χ0n) is 23.0. The Kier molecular flexibility index (Phi) is 10.6. The smallest absolute Gasteiger partial charge is 0.341 e. The number of nitrogens with zero attached hydrogens (tertiary/aromatic N) is 3. The Morgan fingerprint density at radius 1 is 1.19 bits per heavy atom. The second-order valence-corrected chi connectivity index (χ2v) is 10.1. The zero-order chi connectivity index (χ0) is 29.7. The van der Waals surface area contributed by atoms with Crippen LogP contribution in [0.4, 0.5) is 18.0 Å². The number of methoxy groups -OCH3 is 1. The van der Waals surface area contributed by atoms with Gasteiger partial charge in [0, 0.05) is 23.8 Å². The van der Waals surface area contributed by atoms with E-state index in [9.17, 15) is 32.8 Å². The number of benzene rings is 2. The lowest BCUT2D eigenvalue weighted by molar-refractivity contribution is -0.141. The van der Waals surface area contributed by atoms with Crippen LogP contribution in [0.5, 0.6) is 0 Å². The van der Waals surface area contributed by atoms with Gasteiger partial charge in [0.05, 0.1) is 30.7 Å². The third-order valence-electron chi connectivity index (χ3n) is 7.70. The van der Waals surface area contributed by atoms with Crippen molar-refractivity contribution < 1.29 is 32.3 Å². The molecule has 9 nitrogen and oxygen atoms in total. The molecular weight excluding hydrogens is 575 g/mol. The van der Waals surface area contributed by atoms with Gasteiger partial charge in [-0.15, -0.1) is 12.4 Å². The molecule has 1 aliphatic heterocycles. The fraction of sp³-hybridized carbons (Fsp3) is 0.379. The van der Waals surface area contributed by atoms with Crippen molar-refractivity contribution in [2.75, 3.05) is 20.2 Å². The summed E-state index contributed by atoms with van der Waals surface area (Å²) in [6, 6.07) is 9.50. The predicted octanol–water partition coefficient (Wildman–Crippen LogP) is 4.41. The highest BCUT2D eigenvalue weighted by Crippen LogP contribution is 2.40. The Bertz CT molecular complexity index is 1410. The van der Waals surface area contributed by atoms with Crippen LogP contribution in [-0.4, -0.2) is 54.7 Å². The lowest BCUT2D eigenvalue weighted by atomic mass is 9.69. The highest BCUT2D eigenvalue weighted by Gasteiger charge is 2.42. The van der Waals surface area contributed by atoms with Crippen LogP contribution in [0.25, 0.3) is 0 Å². The minimum Gasteiger partial charge on any atom is -0.466 e. The van der Waals surface area contributed by atoms with Gasteiger partial charge in [-0.3, -0.25) is 9.80 Å². The maximum absolute atomic E-state index is 14.4. The molecule has 0 saturated heterocycles. The van der Waals surface area contributed by atoms with Gasteiger partial charge >= 0.3 is 12.0 Å². The van der Waals surface area contributed by atoms with Gasteiger partial charge in [-0.05, 0) is 56.4 Å². The van der Waals surface area contributed by atoms with Crippen molar-refractivity contribution in [1.29, 1.82) is 5.26 Å². The monoisotopic (exact) mass is 605 g/mol. The number of urea groups is 1. The third kappa shape index (κ3) is 6.37. The topological polar surface area (TPSA) is 115 Å². The molecule has 1 saturated carbocycles. The number of carbonyl (C=O) groups is 3. The van der Waals surface area contributed by atoms with Crippen molar-refractivity contribution in [3.63, 3.8) is 0 Å². The molecule has 1 unspecified atom stereocenters. The number of carbonyl (C=O) groups excluding carboxylic acids is 3. The molecular formula is C29H31ClF3N5O4. The van der Waals surface area contributed by atoms with Crippen LogP contribution in [0, 0.1) is 28.8 Å². The van der Waals surface area contributed by atoms with Crippen molar-refractivity contribution in [2.45, 2.75) is 50.1 Å². The molecule has 3 amide bonds. The molecule has 0 radical (unpaired) electrons. The summed E-state index contributed by atoms with van der Waals surface area (Å²) in [5.41, 5.74) is -0.374. The second-order valence-electron chi connectivity index (χ2n) is 10.1. The van der Waals surface area contributed by atoms with E-state index in [1.807, 2.05) is 0 Å². The van der Waals surface area contributed by atoms with E-state index in [2.05, 4.69) is 16.7 Å². The zero-order valence-corrected chi connectivity index (χ0v) is 23.8. The molecule has 0 bridgehead atoms. The quantitative estimate of drug-likeness (QED) is 0.323. The van der Waals surface area contributed by atoms with Gasteiger partial charge in [-0.25, -0.2) is 27.8 Å². The molecule has 13 heteroatoms. The van der Waals surface area contributed by atoms with E-state index >= 15 is 0 Å². The summed E-state index contributed by atoms with van der Waals surface area (Å²) >= 11 is 0. The minimum atomic E-state index is -1.27. The number of nitriles is 1. The molecule has 1 aliphatic carbocycles.